The van der Waals surface area contributed by atoms with Crippen molar-refractivity contribution in [1.82, 2.24) is 19.5 Å². The molecule has 1 saturated heterocycles. The summed E-state index contributed by atoms with van der Waals surface area (Å²) in [5.41, 5.74) is 10.1. The van der Waals surface area contributed by atoms with E-state index in [1.165, 1.54) is 10.9 Å². The van der Waals surface area contributed by atoms with E-state index in [2.05, 4.69) is 25.5 Å². The lowest BCUT2D eigenvalue weighted by atomic mass is 10.1. The third-order valence-corrected chi connectivity index (χ3v) is 5.03. The van der Waals surface area contributed by atoms with Gasteiger partial charge in [0.1, 0.15) is 30.4 Å². The Bertz CT molecular complexity index is 1110. The zero-order valence-corrected chi connectivity index (χ0v) is 17.4. The van der Waals surface area contributed by atoms with Crippen LogP contribution in [0.4, 0.5) is 11.8 Å². The van der Waals surface area contributed by atoms with Crippen molar-refractivity contribution < 1.29 is 24.8 Å². The Labute approximate surface area is 183 Å². The number of rotatable bonds is 8. The molecular formula is C20H25N7O5. The largest absolute Gasteiger partial charge is 0.493 e. The van der Waals surface area contributed by atoms with Crippen molar-refractivity contribution in [3.05, 3.63) is 36.2 Å². The number of hydrazone groups is 1. The van der Waals surface area contributed by atoms with Crippen molar-refractivity contribution in [3.63, 3.8) is 0 Å². The number of imidazole rings is 1. The van der Waals surface area contributed by atoms with E-state index in [-0.39, 0.29) is 22.9 Å². The van der Waals surface area contributed by atoms with Crippen LogP contribution in [0.5, 0.6) is 5.75 Å². The summed E-state index contributed by atoms with van der Waals surface area (Å²) in [7, 11) is 0. The summed E-state index contributed by atoms with van der Waals surface area (Å²) in [4.78, 5) is 12.5. The molecule has 0 spiro atoms. The predicted octanol–water partition coefficient (Wildman–Crippen LogP) is 0.255. The van der Waals surface area contributed by atoms with Crippen LogP contribution < -0.4 is 15.9 Å². The lowest BCUT2D eigenvalue weighted by molar-refractivity contribution is -0.0501. The Hall–Kier alpha value is -3.32. The number of aromatic nitrogens is 4. The fourth-order valence-electron chi connectivity index (χ4n) is 3.43. The van der Waals surface area contributed by atoms with E-state index in [9.17, 15) is 15.3 Å². The lowest BCUT2D eigenvalue weighted by Crippen LogP contribution is -2.33. The number of fused-ring (bicyclic) bond motifs is 1. The molecule has 0 bridgehead atoms. The van der Waals surface area contributed by atoms with Crippen LogP contribution >= 0.6 is 0 Å². The molecule has 0 saturated carbocycles. The van der Waals surface area contributed by atoms with Gasteiger partial charge in [-0.3, -0.25) is 4.57 Å². The second kappa shape index (κ2) is 9.44. The van der Waals surface area contributed by atoms with E-state index >= 15 is 0 Å². The molecular weight excluding hydrogens is 418 g/mol. The van der Waals surface area contributed by atoms with Crippen LogP contribution in [0, 0.1) is 0 Å². The maximum absolute atomic E-state index is 10.5. The summed E-state index contributed by atoms with van der Waals surface area (Å²) >= 11 is 0. The van der Waals surface area contributed by atoms with E-state index in [1.54, 1.807) is 6.21 Å². The smallest absolute Gasteiger partial charge is 0.228 e. The quantitative estimate of drug-likeness (QED) is 0.240. The second-order valence-electron chi connectivity index (χ2n) is 7.22. The molecule has 12 nitrogen and oxygen atoms in total. The average Bonchev–Trinajstić information content (AvgIpc) is 3.31. The molecule has 0 radical (unpaired) electrons. The van der Waals surface area contributed by atoms with Gasteiger partial charge in [-0.15, -0.1) is 0 Å². The Balaban J connectivity index is 1.67. The minimum Gasteiger partial charge on any atom is -0.493 e. The van der Waals surface area contributed by atoms with Crippen molar-refractivity contribution in [3.8, 4) is 5.75 Å². The monoisotopic (exact) mass is 443 g/mol. The van der Waals surface area contributed by atoms with E-state index < -0.39 is 31.1 Å². The van der Waals surface area contributed by atoms with E-state index in [0.29, 0.717) is 12.4 Å². The van der Waals surface area contributed by atoms with E-state index in [1.807, 2.05) is 31.2 Å². The van der Waals surface area contributed by atoms with Gasteiger partial charge in [0.15, 0.2) is 23.2 Å². The standard InChI is InChI=1S/C20H25N7O5/c1-2-7-31-12-6-4-3-5-11(12)8-24-26-20-25-14-17(21)22-10-23-18(14)27(20)19-16(30)15(29)13(9-28)32-19/h3-6,8,10,13,15-16,19,28-30H,2,7,9H2,1H3,(H,25,26)(H2,21,22,23)/b24-8+/t13-,15-,16+,19-/m1/s1. The average molecular weight is 443 g/mol. The highest BCUT2D eigenvalue weighted by Crippen LogP contribution is 2.35. The fraction of sp³-hybridized carbons (Fsp3) is 0.400. The minimum atomic E-state index is -1.34. The Morgan fingerprint density at radius 2 is 2.09 bits per heavy atom. The number of nitrogens with one attached hydrogen (secondary N) is 1. The van der Waals surface area contributed by atoms with Gasteiger partial charge in [0, 0.05) is 5.56 Å². The van der Waals surface area contributed by atoms with Crippen LogP contribution in [0.1, 0.15) is 25.1 Å². The summed E-state index contributed by atoms with van der Waals surface area (Å²) in [6.07, 6.45) is -0.980. The van der Waals surface area contributed by atoms with Gasteiger partial charge in [0.05, 0.1) is 19.4 Å². The van der Waals surface area contributed by atoms with Crippen LogP contribution in [-0.4, -0.2) is 72.6 Å². The van der Waals surface area contributed by atoms with Crippen LogP contribution in [0.15, 0.2) is 35.7 Å². The molecule has 1 aliphatic rings. The second-order valence-corrected chi connectivity index (χ2v) is 7.22. The first-order valence-electron chi connectivity index (χ1n) is 10.2. The van der Waals surface area contributed by atoms with E-state index in [0.717, 1.165) is 12.0 Å². The number of anilines is 2. The number of nitrogens with two attached hydrogens (primary N) is 1. The van der Waals surface area contributed by atoms with Gasteiger partial charge in [-0.1, -0.05) is 19.1 Å². The molecule has 4 rings (SSSR count). The highest BCUT2D eigenvalue weighted by molar-refractivity contribution is 5.85. The molecule has 170 valence electrons. The van der Waals surface area contributed by atoms with Crippen molar-refractivity contribution in [2.24, 2.45) is 5.10 Å². The molecule has 1 fully saturated rings. The van der Waals surface area contributed by atoms with Gasteiger partial charge in [-0.05, 0) is 18.6 Å². The Morgan fingerprint density at radius 1 is 1.28 bits per heavy atom. The van der Waals surface area contributed by atoms with Gasteiger partial charge >= 0.3 is 0 Å². The van der Waals surface area contributed by atoms with Gasteiger partial charge in [-0.25, -0.2) is 20.4 Å². The normalized spacial score (nSPS) is 23.2. The molecule has 32 heavy (non-hydrogen) atoms. The van der Waals surface area contributed by atoms with Crippen molar-refractivity contribution in [2.45, 2.75) is 37.9 Å². The summed E-state index contributed by atoms with van der Waals surface area (Å²) in [6.45, 7) is 2.14. The van der Waals surface area contributed by atoms with Crippen LogP contribution in [0.3, 0.4) is 0 Å². The number of hydrogen-bond acceptors (Lipinski definition) is 11. The number of nitrogen functional groups attached to an aromatic ring is 1. The SMILES string of the molecule is CCCOc1ccccc1/C=N/Nc1nc2c(N)ncnc2n1[C@@H]1O[C@H](CO)[C@@H](O)[C@@H]1O. The van der Waals surface area contributed by atoms with Gasteiger partial charge in [0.25, 0.3) is 0 Å². The number of ether oxygens (including phenoxy) is 2. The third-order valence-electron chi connectivity index (χ3n) is 5.03. The molecule has 1 aromatic carbocycles. The lowest BCUT2D eigenvalue weighted by Gasteiger charge is -2.18. The minimum absolute atomic E-state index is 0.130. The first-order chi connectivity index (χ1) is 15.5. The molecule has 6 N–H and O–H groups in total. The van der Waals surface area contributed by atoms with Crippen LogP contribution in [0.25, 0.3) is 11.2 Å². The zero-order chi connectivity index (χ0) is 22.7. The first kappa shape index (κ1) is 21.9. The summed E-state index contributed by atoms with van der Waals surface area (Å²) in [6, 6.07) is 7.44. The number of aliphatic hydroxyl groups is 3. The molecule has 0 aliphatic carbocycles. The third kappa shape index (κ3) is 4.08. The molecule has 2 aromatic heterocycles. The van der Waals surface area contributed by atoms with Crippen molar-refractivity contribution in [1.29, 1.82) is 0 Å². The molecule has 4 atom stereocenters. The first-order valence-corrected chi connectivity index (χ1v) is 10.2. The summed E-state index contributed by atoms with van der Waals surface area (Å²) < 4.78 is 12.8. The van der Waals surface area contributed by atoms with E-state index in [4.69, 9.17) is 15.2 Å². The van der Waals surface area contributed by atoms with Crippen molar-refractivity contribution in [2.75, 3.05) is 24.4 Å². The number of para-hydroxylation sites is 1. The fourth-order valence-corrected chi connectivity index (χ4v) is 3.43. The molecule has 0 amide bonds. The van der Waals surface area contributed by atoms with Gasteiger partial charge in [-0.2, -0.15) is 5.10 Å². The highest BCUT2D eigenvalue weighted by atomic mass is 16.6. The highest BCUT2D eigenvalue weighted by Gasteiger charge is 2.45. The molecule has 12 heteroatoms. The van der Waals surface area contributed by atoms with Gasteiger partial charge < -0.3 is 30.5 Å². The number of hydrogen-bond donors (Lipinski definition) is 5. The predicted molar refractivity (Wildman–Crippen MR) is 116 cm³/mol. The Morgan fingerprint density at radius 3 is 2.84 bits per heavy atom. The summed E-state index contributed by atoms with van der Waals surface area (Å²) in [5.74, 6) is 0.975. The maximum atomic E-state index is 10.5. The molecule has 1 aliphatic heterocycles. The number of nitrogens with zero attached hydrogens (tertiary/aromatic N) is 5. The van der Waals surface area contributed by atoms with Gasteiger partial charge in [0.2, 0.25) is 5.95 Å². The number of benzene rings is 1. The topological polar surface area (TPSA) is 173 Å². The van der Waals surface area contributed by atoms with Crippen LogP contribution in [-0.2, 0) is 4.74 Å². The molecule has 3 heterocycles. The Kier molecular flexibility index (Phi) is 6.46. The van der Waals surface area contributed by atoms with Crippen molar-refractivity contribution >= 4 is 29.1 Å². The zero-order valence-electron chi connectivity index (χ0n) is 17.4. The van der Waals surface area contributed by atoms with Crippen LogP contribution in [0.2, 0.25) is 0 Å². The maximum Gasteiger partial charge on any atom is 0.228 e. The molecule has 0 unspecified atom stereocenters. The number of aliphatic hydroxyl groups excluding tert-OH is 3. The molecule has 3 aromatic rings. The summed E-state index contributed by atoms with van der Waals surface area (Å²) in [5, 5.41) is 34.4.